The summed E-state index contributed by atoms with van der Waals surface area (Å²) in [4.78, 5) is 24.3. The number of ether oxygens (including phenoxy) is 1. The smallest absolute Gasteiger partial charge is 0.319 e. The number of carbonyl (C=O) groups excluding carboxylic acids is 2. The van der Waals surface area contributed by atoms with Gasteiger partial charge in [-0.1, -0.05) is 55.5 Å². The van der Waals surface area contributed by atoms with Crippen LogP contribution >= 0.6 is 23.1 Å². The Bertz CT molecular complexity index is 747. The first-order valence-corrected chi connectivity index (χ1v) is 10.8. The molecule has 2 aromatic rings. The van der Waals surface area contributed by atoms with E-state index in [2.05, 4.69) is 22.4 Å². The predicted molar refractivity (Wildman–Crippen MR) is 109 cm³/mol. The molecule has 1 heterocycles. The quantitative estimate of drug-likeness (QED) is 0.353. The van der Waals surface area contributed by atoms with Crippen LogP contribution in [0, 0.1) is 0 Å². The van der Waals surface area contributed by atoms with Crippen LogP contribution in [0.15, 0.2) is 28.6 Å². The van der Waals surface area contributed by atoms with Crippen LogP contribution in [0.2, 0.25) is 0 Å². The summed E-state index contributed by atoms with van der Waals surface area (Å²) < 4.78 is 5.68. The van der Waals surface area contributed by atoms with Gasteiger partial charge in [-0.3, -0.25) is 14.9 Å². The van der Waals surface area contributed by atoms with Crippen molar-refractivity contribution >= 4 is 40.1 Å². The van der Waals surface area contributed by atoms with Crippen LogP contribution in [0.3, 0.4) is 0 Å². The van der Waals surface area contributed by atoms with E-state index < -0.39 is 0 Å². The highest BCUT2D eigenvalue weighted by Crippen LogP contribution is 2.31. The molecule has 0 spiro atoms. The van der Waals surface area contributed by atoms with Crippen molar-refractivity contribution in [3.05, 3.63) is 35.4 Å². The highest BCUT2D eigenvalue weighted by molar-refractivity contribution is 8.02. The van der Waals surface area contributed by atoms with Crippen molar-refractivity contribution in [1.29, 1.82) is 0 Å². The Kier molecular flexibility index (Phi) is 8.74. The van der Waals surface area contributed by atoms with Crippen molar-refractivity contribution in [3.63, 3.8) is 0 Å². The van der Waals surface area contributed by atoms with Crippen LogP contribution in [0.5, 0.6) is 0 Å². The average molecular weight is 408 g/mol. The van der Waals surface area contributed by atoms with Gasteiger partial charge in [0.1, 0.15) is 5.25 Å². The van der Waals surface area contributed by atoms with Crippen molar-refractivity contribution in [2.24, 2.45) is 0 Å². The van der Waals surface area contributed by atoms with Crippen molar-refractivity contribution in [2.45, 2.75) is 56.0 Å². The van der Waals surface area contributed by atoms with Gasteiger partial charge in [0.2, 0.25) is 5.13 Å². The number of rotatable bonds is 10. The molecule has 0 radical (unpaired) electrons. The van der Waals surface area contributed by atoms with Gasteiger partial charge in [-0.25, -0.2) is 0 Å². The van der Waals surface area contributed by atoms with Gasteiger partial charge < -0.3 is 4.74 Å². The molecule has 0 unspecified atom stereocenters. The van der Waals surface area contributed by atoms with E-state index in [1.54, 1.807) is 6.92 Å². The number of aryl methyl sites for hydroxylation is 1. The fraction of sp³-hybridized carbons (Fsp3) is 0.474. The molecule has 1 N–H and O–H groups in total. The van der Waals surface area contributed by atoms with Gasteiger partial charge in [-0.15, -0.1) is 10.2 Å². The number of hydrogen-bond donors (Lipinski definition) is 1. The second-order valence-electron chi connectivity index (χ2n) is 5.89. The van der Waals surface area contributed by atoms with Crippen molar-refractivity contribution in [1.82, 2.24) is 10.2 Å². The lowest BCUT2D eigenvalue weighted by atomic mass is 10.1. The van der Waals surface area contributed by atoms with Crippen molar-refractivity contribution < 1.29 is 14.3 Å². The number of nitrogens with zero attached hydrogens (tertiary/aromatic N) is 2. The van der Waals surface area contributed by atoms with E-state index in [0.717, 1.165) is 19.3 Å². The second kappa shape index (κ2) is 11.0. The lowest BCUT2D eigenvalue weighted by Crippen LogP contribution is -2.19. The molecule has 0 fully saturated rings. The molecule has 0 saturated carbocycles. The number of benzene rings is 1. The van der Waals surface area contributed by atoms with E-state index in [0.29, 0.717) is 28.1 Å². The number of thioether (sulfide) groups is 1. The van der Waals surface area contributed by atoms with Crippen molar-refractivity contribution in [3.8, 4) is 0 Å². The van der Waals surface area contributed by atoms with Gasteiger partial charge in [-0.05, 0) is 43.9 Å². The van der Waals surface area contributed by atoms with Crippen LogP contribution in [-0.4, -0.2) is 33.9 Å². The van der Waals surface area contributed by atoms with E-state index >= 15 is 0 Å². The molecule has 1 aromatic heterocycles. The van der Waals surface area contributed by atoms with Crippen LogP contribution < -0.4 is 5.32 Å². The largest absolute Gasteiger partial charge is 0.465 e. The Morgan fingerprint density at radius 3 is 2.56 bits per heavy atom. The molecule has 1 atom stereocenters. The number of unbranched alkanes of at least 4 members (excludes halogenated alkanes) is 1. The summed E-state index contributed by atoms with van der Waals surface area (Å²) in [6.45, 7) is 6.21. The number of amides is 1. The normalized spacial score (nSPS) is 11.8. The minimum absolute atomic E-state index is 0.220. The highest BCUT2D eigenvalue weighted by Gasteiger charge is 2.21. The molecule has 6 nitrogen and oxygen atoms in total. The summed E-state index contributed by atoms with van der Waals surface area (Å²) in [5.41, 5.74) is 1.81. The minimum Gasteiger partial charge on any atom is -0.465 e. The molecule has 0 bridgehead atoms. The van der Waals surface area contributed by atoms with Crippen molar-refractivity contribution in [2.75, 3.05) is 11.9 Å². The summed E-state index contributed by atoms with van der Waals surface area (Å²) in [5.74, 6) is -0.476. The first-order chi connectivity index (χ1) is 13.1. The maximum Gasteiger partial charge on any atom is 0.319 e. The van der Waals surface area contributed by atoms with Gasteiger partial charge in [0.15, 0.2) is 4.34 Å². The zero-order chi connectivity index (χ0) is 19.6. The topological polar surface area (TPSA) is 81.2 Å². The summed E-state index contributed by atoms with van der Waals surface area (Å²) >= 11 is 2.56. The SMILES string of the molecule is CCCCc1ccc(C(=O)Nc2nnc(S[C@@H](CC)C(=O)OCC)s2)cc1. The van der Waals surface area contributed by atoms with Crippen LogP contribution in [0.25, 0.3) is 0 Å². The molecule has 1 aromatic carbocycles. The van der Waals surface area contributed by atoms with E-state index in [1.165, 1.54) is 28.7 Å². The summed E-state index contributed by atoms with van der Waals surface area (Å²) in [7, 11) is 0. The van der Waals surface area contributed by atoms with Gasteiger partial charge in [-0.2, -0.15) is 0 Å². The molecular formula is C19H25N3O3S2. The molecule has 0 aliphatic heterocycles. The molecular weight excluding hydrogens is 382 g/mol. The first-order valence-electron chi connectivity index (χ1n) is 9.14. The van der Waals surface area contributed by atoms with Gasteiger partial charge >= 0.3 is 5.97 Å². The van der Waals surface area contributed by atoms with Crippen LogP contribution in [-0.2, 0) is 16.0 Å². The Labute approximate surface area is 168 Å². The summed E-state index contributed by atoms with van der Waals surface area (Å²) in [6.07, 6.45) is 3.94. The second-order valence-corrected chi connectivity index (χ2v) is 8.32. The van der Waals surface area contributed by atoms with E-state index in [9.17, 15) is 9.59 Å². The maximum atomic E-state index is 12.4. The third kappa shape index (κ3) is 6.62. The molecule has 8 heteroatoms. The number of anilines is 1. The lowest BCUT2D eigenvalue weighted by Gasteiger charge is -2.10. The van der Waals surface area contributed by atoms with E-state index in [1.807, 2.05) is 31.2 Å². The molecule has 0 aliphatic carbocycles. The zero-order valence-electron chi connectivity index (χ0n) is 15.9. The number of nitrogens with one attached hydrogen (secondary N) is 1. The minimum atomic E-state index is -0.322. The fourth-order valence-electron chi connectivity index (χ4n) is 2.34. The average Bonchev–Trinajstić information content (AvgIpc) is 3.11. The van der Waals surface area contributed by atoms with Gasteiger partial charge in [0.25, 0.3) is 5.91 Å². The van der Waals surface area contributed by atoms with Gasteiger partial charge in [0, 0.05) is 5.56 Å². The van der Waals surface area contributed by atoms with Gasteiger partial charge in [0.05, 0.1) is 6.61 Å². The molecule has 2 rings (SSSR count). The third-order valence-electron chi connectivity index (χ3n) is 3.83. The number of hydrogen-bond acceptors (Lipinski definition) is 7. The number of carbonyl (C=O) groups is 2. The van der Waals surface area contributed by atoms with E-state index in [4.69, 9.17) is 4.74 Å². The molecule has 0 saturated heterocycles. The first kappa shape index (κ1) is 21.4. The van der Waals surface area contributed by atoms with Crippen LogP contribution in [0.4, 0.5) is 5.13 Å². The third-order valence-corrected chi connectivity index (χ3v) is 6.09. The lowest BCUT2D eigenvalue weighted by molar-refractivity contribution is -0.142. The summed E-state index contributed by atoms with van der Waals surface area (Å²) in [6, 6.07) is 7.62. The Morgan fingerprint density at radius 1 is 1.19 bits per heavy atom. The summed E-state index contributed by atoms with van der Waals surface area (Å²) in [5, 5.41) is 10.9. The van der Waals surface area contributed by atoms with Crippen LogP contribution in [0.1, 0.15) is 56.0 Å². The highest BCUT2D eigenvalue weighted by atomic mass is 32.2. The number of aromatic nitrogens is 2. The monoisotopic (exact) mass is 407 g/mol. The maximum absolute atomic E-state index is 12.4. The zero-order valence-corrected chi connectivity index (χ0v) is 17.5. The Morgan fingerprint density at radius 2 is 1.93 bits per heavy atom. The molecule has 0 aliphatic rings. The predicted octanol–water partition coefficient (Wildman–Crippen LogP) is 4.57. The number of esters is 1. The molecule has 1 amide bonds. The van der Waals surface area contributed by atoms with E-state index in [-0.39, 0.29) is 17.1 Å². The Hall–Kier alpha value is -1.93. The molecule has 146 valence electrons. The fourth-order valence-corrected chi connectivity index (χ4v) is 4.25. The Balaban J connectivity index is 1.94. The standard InChI is InChI=1S/C19H25N3O3S2/c1-4-7-8-13-9-11-14(12-10-13)16(23)20-18-21-22-19(27-18)26-15(5-2)17(24)25-6-3/h9-12,15H,4-8H2,1-3H3,(H,20,21,23)/t15-/m0/s1. The molecule has 27 heavy (non-hydrogen) atoms.